The summed E-state index contributed by atoms with van der Waals surface area (Å²) in [6, 6.07) is 25.9. The average Bonchev–Trinajstić information content (AvgIpc) is 2.80. The highest BCUT2D eigenvalue weighted by molar-refractivity contribution is 5.95. The van der Waals surface area contributed by atoms with Gasteiger partial charge in [0.05, 0.1) is 6.54 Å². The topological polar surface area (TPSA) is 75.7 Å². The Hall–Kier alpha value is -3.93. The Bertz CT molecular complexity index is 1010. The maximum absolute atomic E-state index is 12.9. The molecule has 6 heteroatoms. The second-order valence-corrected chi connectivity index (χ2v) is 7.53. The van der Waals surface area contributed by atoms with Crippen molar-refractivity contribution in [2.24, 2.45) is 0 Å². The fourth-order valence-electron chi connectivity index (χ4n) is 3.22. The van der Waals surface area contributed by atoms with Gasteiger partial charge in [-0.15, -0.1) is 0 Å². The van der Waals surface area contributed by atoms with E-state index in [0.717, 1.165) is 16.7 Å². The number of esters is 1. The highest BCUT2D eigenvalue weighted by atomic mass is 16.5. The molecular formula is C26H26N2O4. The molecule has 3 aromatic rings. The van der Waals surface area contributed by atoms with Crippen molar-refractivity contribution < 1.29 is 19.1 Å². The number of hydrogen-bond acceptors (Lipinski definition) is 4. The first kappa shape index (κ1) is 22.7. The number of carbonyl (C=O) groups excluding carboxylic acids is 3. The van der Waals surface area contributed by atoms with E-state index in [1.807, 2.05) is 79.7 Å². The van der Waals surface area contributed by atoms with Crippen molar-refractivity contribution in [3.05, 3.63) is 102 Å². The van der Waals surface area contributed by atoms with Gasteiger partial charge in [0.15, 0.2) is 6.61 Å². The normalized spacial score (nSPS) is 10.5. The lowest BCUT2D eigenvalue weighted by Gasteiger charge is -2.19. The Kier molecular flexibility index (Phi) is 7.75. The molecule has 0 unspecified atom stereocenters. The van der Waals surface area contributed by atoms with Crippen molar-refractivity contribution in [1.29, 1.82) is 0 Å². The number of rotatable bonds is 8. The van der Waals surface area contributed by atoms with Crippen LogP contribution >= 0.6 is 0 Å². The first-order valence-corrected chi connectivity index (χ1v) is 10.3. The van der Waals surface area contributed by atoms with Gasteiger partial charge in [-0.1, -0.05) is 78.4 Å². The van der Waals surface area contributed by atoms with Crippen molar-refractivity contribution >= 4 is 23.5 Å². The largest absolute Gasteiger partial charge is 0.455 e. The molecule has 3 rings (SSSR count). The van der Waals surface area contributed by atoms with Gasteiger partial charge in [-0.25, -0.2) is 0 Å². The molecular weight excluding hydrogens is 404 g/mol. The highest BCUT2D eigenvalue weighted by Gasteiger charge is 2.25. The van der Waals surface area contributed by atoms with Crippen LogP contribution in [0.5, 0.6) is 0 Å². The third-order valence-electron chi connectivity index (χ3n) is 4.98. The van der Waals surface area contributed by atoms with Crippen LogP contribution < -0.4 is 5.32 Å². The fourth-order valence-corrected chi connectivity index (χ4v) is 3.22. The lowest BCUT2D eigenvalue weighted by atomic mass is 9.91. The molecule has 0 radical (unpaired) electrons. The first-order valence-electron chi connectivity index (χ1n) is 10.3. The maximum atomic E-state index is 12.9. The minimum Gasteiger partial charge on any atom is -0.455 e. The van der Waals surface area contributed by atoms with Crippen molar-refractivity contribution in [1.82, 2.24) is 4.90 Å². The minimum absolute atomic E-state index is 0.148. The van der Waals surface area contributed by atoms with Crippen molar-refractivity contribution in [2.75, 3.05) is 25.5 Å². The quantitative estimate of drug-likeness (QED) is 0.552. The van der Waals surface area contributed by atoms with Gasteiger partial charge in [-0.3, -0.25) is 14.4 Å². The van der Waals surface area contributed by atoms with Crippen LogP contribution in [0.3, 0.4) is 0 Å². The number of ether oxygens (including phenoxy) is 1. The molecule has 0 saturated carbocycles. The number of carbonyl (C=O) groups is 3. The third-order valence-corrected chi connectivity index (χ3v) is 4.98. The summed E-state index contributed by atoms with van der Waals surface area (Å²) < 4.78 is 5.35. The molecule has 0 aliphatic carbocycles. The smallest absolute Gasteiger partial charge is 0.318 e. The van der Waals surface area contributed by atoms with Crippen LogP contribution in [-0.4, -0.2) is 42.9 Å². The van der Waals surface area contributed by atoms with Crippen molar-refractivity contribution in [3.63, 3.8) is 0 Å². The molecule has 3 aromatic carbocycles. The number of aryl methyl sites for hydroxylation is 1. The monoisotopic (exact) mass is 430 g/mol. The summed E-state index contributed by atoms with van der Waals surface area (Å²) in [6.45, 7) is 1.37. The number of benzene rings is 3. The number of hydrogen-bond donors (Lipinski definition) is 1. The van der Waals surface area contributed by atoms with Gasteiger partial charge in [0.1, 0.15) is 5.92 Å². The van der Waals surface area contributed by atoms with Crippen LogP contribution in [0.25, 0.3) is 0 Å². The number of anilines is 1. The summed E-state index contributed by atoms with van der Waals surface area (Å²) in [6.07, 6.45) is 0. The Morgan fingerprint density at radius 1 is 0.844 bits per heavy atom. The molecule has 0 bridgehead atoms. The van der Waals surface area contributed by atoms with E-state index in [2.05, 4.69) is 5.32 Å². The van der Waals surface area contributed by atoms with E-state index in [0.29, 0.717) is 5.69 Å². The van der Waals surface area contributed by atoms with Gasteiger partial charge in [0.2, 0.25) is 5.91 Å². The SMILES string of the molecule is Cc1ccc(NC(=O)CN(C)C(=O)COC(=O)C(c2ccccc2)c2ccccc2)cc1. The lowest BCUT2D eigenvalue weighted by molar-refractivity contribution is -0.152. The molecule has 0 saturated heterocycles. The van der Waals surface area contributed by atoms with E-state index in [4.69, 9.17) is 4.74 Å². The van der Waals surface area contributed by atoms with E-state index < -0.39 is 24.4 Å². The summed E-state index contributed by atoms with van der Waals surface area (Å²) in [5.41, 5.74) is 3.30. The predicted octanol–water partition coefficient (Wildman–Crippen LogP) is 3.77. The van der Waals surface area contributed by atoms with E-state index in [-0.39, 0.29) is 12.5 Å². The molecule has 2 amide bonds. The Labute approximate surface area is 187 Å². The predicted molar refractivity (Wildman–Crippen MR) is 123 cm³/mol. The minimum atomic E-state index is -0.639. The first-order chi connectivity index (χ1) is 15.4. The third kappa shape index (κ3) is 6.28. The average molecular weight is 431 g/mol. The zero-order chi connectivity index (χ0) is 22.9. The molecule has 0 aliphatic rings. The van der Waals surface area contributed by atoms with Gasteiger partial charge in [-0.2, -0.15) is 0 Å². The van der Waals surface area contributed by atoms with Crippen molar-refractivity contribution in [2.45, 2.75) is 12.8 Å². The highest BCUT2D eigenvalue weighted by Crippen LogP contribution is 2.25. The Morgan fingerprint density at radius 3 is 1.91 bits per heavy atom. The molecule has 0 atom stereocenters. The Balaban J connectivity index is 1.57. The van der Waals surface area contributed by atoms with E-state index >= 15 is 0 Å². The number of nitrogens with zero attached hydrogens (tertiary/aromatic N) is 1. The van der Waals surface area contributed by atoms with E-state index in [1.54, 1.807) is 12.1 Å². The van der Waals surface area contributed by atoms with Crippen LogP contribution in [-0.2, 0) is 19.1 Å². The molecule has 32 heavy (non-hydrogen) atoms. The van der Waals surface area contributed by atoms with Gasteiger partial charge in [0, 0.05) is 12.7 Å². The van der Waals surface area contributed by atoms with Crippen LogP contribution in [0.15, 0.2) is 84.9 Å². The molecule has 1 N–H and O–H groups in total. The van der Waals surface area contributed by atoms with Gasteiger partial charge in [0.25, 0.3) is 5.91 Å². The lowest BCUT2D eigenvalue weighted by Crippen LogP contribution is -2.37. The summed E-state index contributed by atoms with van der Waals surface area (Å²) in [7, 11) is 1.50. The number of likely N-dealkylation sites (N-methyl/N-ethyl adjacent to an activating group) is 1. The van der Waals surface area contributed by atoms with Crippen LogP contribution in [0.4, 0.5) is 5.69 Å². The number of nitrogens with one attached hydrogen (secondary N) is 1. The van der Waals surface area contributed by atoms with Gasteiger partial charge < -0.3 is 15.0 Å². The van der Waals surface area contributed by atoms with Crippen LogP contribution in [0.1, 0.15) is 22.6 Å². The van der Waals surface area contributed by atoms with Crippen LogP contribution in [0, 0.1) is 6.92 Å². The second kappa shape index (κ2) is 10.9. The Morgan fingerprint density at radius 2 is 1.38 bits per heavy atom. The number of amides is 2. The molecule has 0 fully saturated rings. The molecule has 6 nitrogen and oxygen atoms in total. The maximum Gasteiger partial charge on any atom is 0.318 e. The fraction of sp³-hybridized carbons (Fsp3) is 0.192. The van der Waals surface area contributed by atoms with E-state index in [1.165, 1.54) is 11.9 Å². The summed E-state index contributed by atoms with van der Waals surface area (Å²) >= 11 is 0. The summed E-state index contributed by atoms with van der Waals surface area (Å²) in [5.74, 6) is -1.95. The molecule has 164 valence electrons. The van der Waals surface area contributed by atoms with Crippen LogP contribution in [0.2, 0.25) is 0 Å². The van der Waals surface area contributed by atoms with Gasteiger partial charge in [-0.05, 0) is 30.2 Å². The molecule has 0 aromatic heterocycles. The summed E-state index contributed by atoms with van der Waals surface area (Å²) in [5, 5.41) is 2.74. The zero-order valence-corrected chi connectivity index (χ0v) is 18.2. The van der Waals surface area contributed by atoms with E-state index in [9.17, 15) is 14.4 Å². The second-order valence-electron chi connectivity index (χ2n) is 7.53. The zero-order valence-electron chi connectivity index (χ0n) is 18.2. The van der Waals surface area contributed by atoms with Crippen molar-refractivity contribution in [3.8, 4) is 0 Å². The molecule has 0 heterocycles. The standard InChI is InChI=1S/C26H26N2O4/c1-19-13-15-22(16-14-19)27-23(29)17-28(2)24(30)18-32-26(31)25(20-9-5-3-6-10-20)21-11-7-4-8-12-21/h3-16,25H,17-18H2,1-2H3,(H,27,29). The molecule has 0 spiro atoms. The van der Waals surface area contributed by atoms with Gasteiger partial charge >= 0.3 is 5.97 Å². The molecule has 0 aliphatic heterocycles. The summed E-state index contributed by atoms with van der Waals surface area (Å²) in [4.78, 5) is 38.8.